The van der Waals surface area contributed by atoms with Crippen LogP contribution >= 0.6 is 0 Å². The molecular formula is C24H34Cl2N2O10. The molecule has 10 N–H and O–H groups in total. The van der Waals surface area contributed by atoms with Gasteiger partial charge in [-0.05, 0) is 35.4 Å². The van der Waals surface area contributed by atoms with Gasteiger partial charge in [0.15, 0.2) is 25.2 Å². The number of phenols is 2. The van der Waals surface area contributed by atoms with Gasteiger partial charge in [0.2, 0.25) is 0 Å². The Bertz CT molecular complexity index is 1040. The second-order valence-corrected chi connectivity index (χ2v) is 8.63. The van der Waals surface area contributed by atoms with Gasteiger partial charge in [0.05, 0.1) is 13.2 Å². The third kappa shape index (κ3) is 9.89. The Kier molecular flexibility index (Phi) is 15.8. The van der Waals surface area contributed by atoms with E-state index in [1.807, 2.05) is 0 Å². The van der Waals surface area contributed by atoms with Gasteiger partial charge in [-0.1, -0.05) is 12.1 Å². The van der Waals surface area contributed by atoms with Crippen LogP contribution in [0.25, 0.3) is 0 Å². The van der Waals surface area contributed by atoms with E-state index in [4.69, 9.17) is 0 Å². The van der Waals surface area contributed by atoms with Gasteiger partial charge in [-0.15, -0.1) is 0 Å². The molecule has 0 aliphatic rings. The molecular weight excluding hydrogens is 547 g/mol. The Balaban J connectivity index is 0.00000684. The molecule has 0 saturated heterocycles. The molecule has 2 aromatic carbocycles. The molecule has 0 radical (unpaired) electrons. The first-order valence-corrected chi connectivity index (χ1v) is 11.3. The molecule has 12 nitrogen and oxygen atoms in total. The zero-order valence-electron chi connectivity index (χ0n) is 20.4. The summed E-state index contributed by atoms with van der Waals surface area (Å²) < 4.78 is 0. The quantitative estimate of drug-likeness (QED) is 0.0962. The minimum atomic E-state index is -1.21. The maximum absolute atomic E-state index is 11.7. The monoisotopic (exact) mass is 580 g/mol. The van der Waals surface area contributed by atoms with Crippen LogP contribution in [0.2, 0.25) is 0 Å². The zero-order chi connectivity index (χ0) is 26.8. The van der Waals surface area contributed by atoms with E-state index in [-0.39, 0.29) is 72.4 Å². The number of aliphatic hydroxyl groups is 4. The van der Waals surface area contributed by atoms with E-state index in [1.54, 1.807) is 6.07 Å². The van der Waals surface area contributed by atoms with Gasteiger partial charge in [0.1, 0.15) is 37.8 Å². The average Bonchev–Trinajstić information content (AvgIpc) is 2.83. The molecule has 14 heteroatoms. The van der Waals surface area contributed by atoms with Crippen molar-refractivity contribution >= 4 is 11.9 Å². The number of rotatable bonds is 15. The van der Waals surface area contributed by atoms with Crippen molar-refractivity contribution in [3.8, 4) is 11.5 Å². The predicted octanol–water partition coefficient (Wildman–Crippen LogP) is -9.55. The van der Waals surface area contributed by atoms with Crippen molar-refractivity contribution in [1.82, 2.24) is 0 Å². The normalized spacial score (nSPS) is 13.9. The Morgan fingerprint density at radius 2 is 1.11 bits per heavy atom. The third-order valence-electron chi connectivity index (χ3n) is 6.18. The first-order chi connectivity index (χ1) is 17.1. The van der Waals surface area contributed by atoms with Crippen LogP contribution < -0.4 is 34.6 Å². The first-order valence-electron chi connectivity index (χ1n) is 11.3. The van der Waals surface area contributed by atoms with Crippen molar-refractivity contribution in [1.29, 1.82) is 0 Å². The van der Waals surface area contributed by atoms with Crippen LogP contribution in [0.3, 0.4) is 0 Å². The Morgan fingerprint density at radius 1 is 0.658 bits per heavy atom. The van der Waals surface area contributed by atoms with Crippen molar-refractivity contribution in [3.63, 3.8) is 0 Å². The van der Waals surface area contributed by atoms with Gasteiger partial charge < -0.3 is 75.5 Å². The number of hydrogen-bond acceptors (Lipinski definition) is 8. The summed E-state index contributed by atoms with van der Waals surface area (Å²) in [7, 11) is 0. The van der Waals surface area contributed by atoms with Gasteiger partial charge in [0, 0.05) is 11.1 Å². The van der Waals surface area contributed by atoms with E-state index in [0.717, 1.165) is 0 Å². The highest BCUT2D eigenvalue weighted by Crippen LogP contribution is 2.19. The standard InChI is InChI=1S/C24H32N2O10.2ClH/c27-11-15-2-4-21(31)18(5-15)8-26(10-24(35)36)20(14-30)19(13-29)25(9-23(33)34)7-17-3-1-16(12-28)6-22(17)32;;/h1-6,19-20,27-32H,7-14H2,(H,33,34)(H,35,36);2*1H. The lowest BCUT2D eigenvalue weighted by atomic mass is 10.0. The molecule has 4 atom stereocenters. The molecule has 0 aliphatic heterocycles. The second-order valence-electron chi connectivity index (χ2n) is 8.63. The Labute approximate surface area is 231 Å². The predicted molar refractivity (Wildman–Crippen MR) is 124 cm³/mol. The van der Waals surface area contributed by atoms with Crippen molar-refractivity contribution in [3.05, 3.63) is 58.7 Å². The third-order valence-corrected chi connectivity index (χ3v) is 6.18. The van der Waals surface area contributed by atoms with Gasteiger partial charge in [-0.25, -0.2) is 9.59 Å². The number of nitrogens with one attached hydrogen (secondary N) is 2. The molecule has 0 aromatic heterocycles. The molecule has 0 amide bonds. The van der Waals surface area contributed by atoms with Crippen LogP contribution in [-0.4, -0.2) is 91.2 Å². The van der Waals surface area contributed by atoms with Crippen molar-refractivity contribution in [2.24, 2.45) is 0 Å². The SMILES string of the molecule is O=C(O)C[NH+](Cc1ccc(CO)cc1O)C(CO)C(CO)[NH+](CC(=O)O)Cc1cc(CO)ccc1O.[Cl-].[Cl-]. The Morgan fingerprint density at radius 3 is 1.53 bits per heavy atom. The van der Waals surface area contributed by atoms with Crippen LogP contribution in [0, 0.1) is 0 Å². The molecule has 214 valence electrons. The highest BCUT2D eigenvalue weighted by atomic mass is 35.5. The molecule has 0 saturated carbocycles. The van der Waals surface area contributed by atoms with E-state index in [0.29, 0.717) is 22.3 Å². The highest BCUT2D eigenvalue weighted by Gasteiger charge is 2.40. The topological polar surface area (TPSA) is 205 Å². The highest BCUT2D eigenvalue weighted by molar-refractivity contribution is 5.68. The number of halogens is 2. The van der Waals surface area contributed by atoms with E-state index >= 15 is 0 Å². The Hall–Kier alpha value is -2.68. The molecule has 4 unspecified atom stereocenters. The lowest BCUT2D eigenvalue weighted by Crippen LogP contribution is -3.26. The molecule has 0 heterocycles. The molecule has 0 bridgehead atoms. The van der Waals surface area contributed by atoms with Crippen molar-refractivity contribution < 1.29 is 85.1 Å². The maximum Gasteiger partial charge on any atom is 0.359 e. The van der Waals surface area contributed by atoms with E-state index in [1.165, 1.54) is 30.3 Å². The fourth-order valence-corrected chi connectivity index (χ4v) is 4.34. The molecule has 0 fully saturated rings. The summed E-state index contributed by atoms with van der Waals surface area (Å²) in [5.74, 6) is -2.74. The minimum Gasteiger partial charge on any atom is -1.00 e. The number of carboxylic acids is 2. The summed E-state index contributed by atoms with van der Waals surface area (Å²) >= 11 is 0. The molecule has 0 aliphatic carbocycles. The number of hydrogen-bond donors (Lipinski definition) is 10. The minimum absolute atomic E-state index is 0. The van der Waals surface area contributed by atoms with Crippen LogP contribution in [0.4, 0.5) is 0 Å². The van der Waals surface area contributed by atoms with E-state index in [2.05, 4.69) is 0 Å². The molecule has 2 rings (SSSR count). The average molecular weight is 581 g/mol. The summed E-state index contributed by atoms with van der Waals surface area (Å²) in [5, 5.41) is 78.8. The number of benzene rings is 2. The molecule has 0 spiro atoms. The lowest BCUT2D eigenvalue weighted by molar-refractivity contribution is -1.00. The fraction of sp³-hybridized carbons (Fsp3) is 0.417. The molecule has 2 aromatic rings. The van der Waals surface area contributed by atoms with Gasteiger partial charge >= 0.3 is 11.9 Å². The number of carboxylic acid groups (broad SMARTS) is 2. The summed E-state index contributed by atoms with van der Waals surface area (Å²) in [6, 6.07) is 6.83. The number of aliphatic hydroxyl groups excluding tert-OH is 4. The largest absolute Gasteiger partial charge is 1.00 e. The first kappa shape index (κ1) is 35.3. The zero-order valence-corrected chi connectivity index (χ0v) is 21.9. The van der Waals surface area contributed by atoms with Crippen molar-refractivity contribution in [2.75, 3.05) is 26.3 Å². The van der Waals surface area contributed by atoms with Crippen LogP contribution in [0.5, 0.6) is 11.5 Å². The van der Waals surface area contributed by atoms with E-state index in [9.17, 15) is 50.4 Å². The van der Waals surface area contributed by atoms with Crippen LogP contribution in [0.15, 0.2) is 36.4 Å². The van der Waals surface area contributed by atoms with E-state index < -0.39 is 50.3 Å². The summed E-state index contributed by atoms with van der Waals surface area (Å²) in [4.78, 5) is 23.8. The number of aliphatic carboxylic acids is 2. The van der Waals surface area contributed by atoms with Gasteiger partial charge in [0.25, 0.3) is 0 Å². The van der Waals surface area contributed by atoms with Gasteiger partial charge in [-0.3, -0.25) is 0 Å². The maximum atomic E-state index is 11.7. The van der Waals surface area contributed by atoms with Gasteiger partial charge in [-0.2, -0.15) is 0 Å². The summed E-state index contributed by atoms with van der Waals surface area (Å²) in [5.41, 5.74) is 1.58. The number of phenolic OH excluding ortho intramolecular Hbond substituents is 2. The lowest BCUT2D eigenvalue weighted by Gasteiger charge is -2.35. The number of aromatic hydroxyl groups is 2. The fourth-order valence-electron chi connectivity index (χ4n) is 4.34. The summed E-state index contributed by atoms with van der Waals surface area (Å²) in [6.07, 6.45) is 0. The van der Waals surface area contributed by atoms with Crippen LogP contribution in [0.1, 0.15) is 22.3 Å². The number of quaternary nitrogens is 2. The number of carbonyl (C=O) groups is 2. The molecule has 38 heavy (non-hydrogen) atoms. The van der Waals surface area contributed by atoms with Crippen LogP contribution in [-0.2, 0) is 35.9 Å². The second kappa shape index (κ2) is 17.0. The smallest absolute Gasteiger partial charge is 0.359 e. The summed E-state index contributed by atoms with van der Waals surface area (Å²) in [6.45, 7) is -3.00. The van der Waals surface area contributed by atoms with Crippen molar-refractivity contribution in [2.45, 2.75) is 38.4 Å².